The van der Waals surface area contributed by atoms with Gasteiger partial charge in [-0.2, -0.15) is 15.0 Å². The quantitative estimate of drug-likeness (QED) is 0.449. The number of anilines is 4. The molecule has 3 N–H and O–H groups in total. The lowest BCUT2D eigenvalue weighted by atomic mass is 9.98. The summed E-state index contributed by atoms with van der Waals surface area (Å²) in [7, 11) is 1.45. The fraction of sp³-hybridized carbons (Fsp3) is 0.625. The molecule has 0 bridgehead atoms. The molecule has 1 heterocycles. The Morgan fingerprint density at radius 1 is 0.938 bits per heavy atom. The molecule has 32 heavy (non-hydrogen) atoms. The second-order valence-corrected chi connectivity index (χ2v) is 9.16. The molecule has 2 unspecified atom stereocenters. The molecule has 174 valence electrons. The van der Waals surface area contributed by atoms with Gasteiger partial charge in [0.1, 0.15) is 0 Å². The molecule has 2 fully saturated rings. The van der Waals surface area contributed by atoms with Crippen molar-refractivity contribution in [3.8, 4) is 5.75 Å². The van der Waals surface area contributed by atoms with Crippen LogP contribution in [0, 0.1) is 17.7 Å². The minimum absolute atomic E-state index is 0.204. The van der Waals surface area contributed by atoms with Crippen molar-refractivity contribution in [2.24, 2.45) is 11.8 Å². The summed E-state index contributed by atoms with van der Waals surface area (Å²) in [5, 5.41) is 10.1. The molecule has 2 atom stereocenters. The molecular weight excluding hydrogens is 407 g/mol. The maximum atomic E-state index is 14.1. The van der Waals surface area contributed by atoms with Gasteiger partial charge < -0.3 is 20.7 Å². The number of methoxy groups -OCH3 is 1. The lowest BCUT2D eigenvalue weighted by molar-refractivity contribution is 0.386. The molecule has 1 aromatic heterocycles. The molecule has 0 aliphatic heterocycles. The Morgan fingerprint density at radius 3 is 2.38 bits per heavy atom. The van der Waals surface area contributed by atoms with E-state index in [-0.39, 0.29) is 5.75 Å². The van der Waals surface area contributed by atoms with Crippen LogP contribution in [-0.2, 0) is 0 Å². The normalized spacial score (nSPS) is 21.7. The summed E-state index contributed by atoms with van der Waals surface area (Å²) in [4.78, 5) is 13.8. The van der Waals surface area contributed by atoms with E-state index in [2.05, 4.69) is 37.8 Å². The molecule has 1 aromatic carbocycles. The minimum atomic E-state index is -0.433. The predicted octanol–water partition coefficient (Wildman–Crippen LogP) is 5.75. The van der Waals surface area contributed by atoms with Gasteiger partial charge in [0.2, 0.25) is 17.8 Å². The molecule has 0 spiro atoms. The van der Waals surface area contributed by atoms with Crippen LogP contribution in [0.25, 0.3) is 0 Å². The van der Waals surface area contributed by atoms with E-state index in [9.17, 15) is 4.39 Å². The molecule has 8 heteroatoms. The van der Waals surface area contributed by atoms with Crippen molar-refractivity contribution in [2.75, 3.05) is 29.6 Å². The van der Waals surface area contributed by atoms with Crippen LogP contribution in [0.15, 0.2) is 18.2 Å². The van der Waals surface area contributed by atoms with Crippen LogP contribution < -0.4 is 20.7 Å². The summed E-state index contributed by atoms with van der Waals surface area (Å²) in [6.07, 6.45) is 11.1. The molecule has 2 saturated carbocycles. The topological polar surface area (TPSA) is 84.0 Å². The van der Waals surface area contributed by atoms with Gasteiger partial charge in [-0.25, -0.2) is 4.39 Å². The van der Waals surface area contributed by atoms with Crippen molar-refractivity contribution in [1.82, 2.24) is 15.0 Å². The van der Waals surface area contributed by atoms with Crippen molar-refractivity contribution < 1.29 is 9.13 Å². The van der Waals surface area contributed by atoms with Gasteiger partial charge in [0.05, 0.1) is 7.11 Å². The Bertz CT molecular complexity index is 887. The number of nitrogens with one attached hydrogen (secondary N) is 3. The van der Waals surface area contributed by atoms with E-state index in [0.29, 0.717) is 41.4 Å². The van der Waals surface area contributed by atoms with Gasteiger partial charge in [0.25, 0.3) is 0 Å². The van der Waals surface area contributed by atoms with Crippen LogP contribution in [0.2, 0.25) is 0 Å². The maximum Gasteiger partial charge on any atom is 0.233 e. The Morgan fingerprint density at radius 2 is 1.69 bits per heavy atom. The summed E-state index contributed by atoms with van der Waals surface area (Å²) in [5.41, 5.74) is 0.560. The first kappa shape index (κ1) is 22.6. The van der Waals surface area contributed by atoms with Crippen LogP contribution >= 0.6 is 0 Å². The van der Waals surface area contributed by atoms with E-state index in [1.54, 1.807) is 12.1 Å². The zero-order chi connectivity index (χ0) is 22.3. The minimum Gasteiger partial charge on any atom is -0.494 e. The Hall–Kier alpha value is -2.64. The third-order valence-corrected chi connectivity index (χ3v) is 6.79. The first-order chi connectivity index (χ1) is 15.6. The zero-order valence-electron chi connectivity index (χ0n) is 19.2. The average Bonchev–Trinajstić information content (AvgIpc) is 3.01. The van der Waals surface area contributed by atoms with E-state index >= 15 is 0 Å². The van der Waals surface area contributed by atoms with Gasteiger partial charge >= 0.3 is 0 Å². The molecule has 2 aliphatic carbocycles. The number of hydrogen-bond acceptors (Lipinski definition) is 7. The Labute approximate surface area is 190 Å². The third-order valence-electron chi connectivity index (χ3n) is 6.79. The number of benzene rings is 1. The second kappa shape index (κ2) is 10.8. The maximum absolute atomic E-state index is 14.1. The molecule has 0 saturated heterocycles. The highest BCUT2D eigenvalue weighted by Crippen LogP contribution is 2.31. The SMILES string of the molecule is COc1ccc(Nc2nc(NCC3CCCC3C)nc(NC3CCCCCC3)n2)cc1F. The van der Waals surface area contributed by atoms with Crippen molar-refractivity contribution in [3.05, 3.63) is 24.0 Å². The Balaban J connectivity index is 1.52. The zero-order valence-corrected chi connectivity index (χ0v) is 19.2. The molecule has 0 radical (unpaired) electrons. The van der Waals surface area contributed by atoms with Crippen LogP contribution in [0.1, 0.15) is 64.7 Å². The summed E-state index contributed by atoms with van der Waals surface area (Å²) >= 11 is 0. The van der Waals surface area contributed by atoms with E-state index in [0.717, 1.165) is 19.4 Å². The highest BCUT2D eigenvalue weighted by molar-refractivity contribution is 5.57. The monoisotopic (exact) mass is 442 g/mol. The molecular formula is C24H35FN6O. The number of hydrogen-bond donors (Lipinski definition) is 3. The van der Waals surface area contributed by atoms with Crippen LogP contribution in [0.3, 0.4) is 0 Å². The van der Waals surface area contributed by atoms with Gasteiger partial charge in [-0.05, 0) is 43.2 Å². The van der Waals surface area contributed by atoms with Crippen molar-refractivity contribution in [3.63, 3.8) is 0 Å². The first-order valence-corrected chi connectivity index (χ1v) is 12.0. The van der Waals surface area contributed by atoms with Gasteiger partial charge in [0, 0.05) is 24.3 Å². The van der Waals surface area contributed by atoms with Crippen molar-refractivity contribution >= 4 is 23.5 Å². The highest BCUT2D eigenvalue weighted by Gasteiger charge is 2.23. The number of nitrogens with zero attached hydrogens (tertiary/aromatic N) is 3. The van der Waals surface area contributed by atoms with Crippen molar-refractivity contribution in [2.45, 2.75) is 70.8 Å². The fourth-order valence-electron chi connectivity index (χ4n) is 4.80. The number of halogens is 1. The molecule has 0 amide bonds. The lowest BCUT2D eigenvalue weighted by Crippen LogP contribution is -2.22. The van der Waals surface area contributed by atoms with Crippen LogP contribution in [0.4, 0.5) is 27.9 Å². The number of rotatable bonds is 8. The lowest BCUT2D eigenvalue weighted by Gasteiger charge is -2.19. The van der Waals surface area contributed by atoms with Gasteiger partial charge in [-0.15, -0.1) is 0 Å². The molecule has 7 nitrogen and oxygen atoms in total. The molecule has 4 rings (SSSR count). The number of ether oxygens (including phenoxy) is 1. The van der Waals surface area contributed by atoms with Crippen LogP contribution in [0.5, 0.6) is 5.75 Å². The summed E-state index contributed by atoms with van der Waals surface area (Å²) in [6.45, 7) is 3.17. The standard InChI is InChI=1S/C24H35FN6O/c1-16-8-7-9-17(16)15-26-22-29-23(27-18-10-5-3-4-6-11-18)31-24(30-22)28-19-12-13-21(32-2)20(25)14-19/h12-14,16-18H,3-11,15H2,1-2H3,(H3,26,27,28,29,30,31). The smallest absolute Gasteiger partial charge is 0.233 e. The van der Waals surface area contributed by atoms with Crippen LogP contribution in [-0.4, -0.2) is 34.6 Å². The van der Waals surface area contributed by atoms with E-state index < -0.39 is 5.82 Å². The van der Waals surface area contributed by atoms with E-state index in [1.165, 1.54) is 58.1 Å². The predicted molar refractivity (Wildman–Crippen MR) is 126 cm³/mol. The highest BCUT2D eigenvalue weighted by atomic mass is 19.1. The van der Waals surface area contributed by atoms with E-state index in [1.807, 2.05) is 0 Å². The van der Waals surface area contributed by atoms with Crippen molar-refractivity contribution in [1.29, 1.82) is 0 Å². The summed E-state index contributed by atoms with van der Waals surface area (Å²) in [5.74, 6) is 2.62. The van der Waals surface area contributed by atoms with Gasteiger partial charge in [0.15, 0.2) is 11.6 Å². The molecule has 2 aromatic rings. The summed E-state index contributed by atoms with van der Waals surface area (Å²) in [6, 6.07) is 5.09. The molecule has 2 aliphatic rings. The summed E-state index contributed by atoms with van der Waals surface area (Å²) < 4.78 is 19.2. The number of aromatic nitrogens is 3. The largest absolute Gasteiger partial charge is 0.494 e. The fourth-order valence-corrected chi connectivity index (χ4v) is 4.80. The first-order valence-electron chi connectivity index (χ1n) is 12.0. The Kier molecular flexibility index (Phi) is 7.60. The second-order valence-electron chi connectivity index (χ2n) is 9.16. The van der Waals surface area contributed by atoms with E-state index in [4.69, 9.17) is 4.74 Å². The van der Waals surface area contributed by atoms with Gasteiger partial charge in [-0.3, -0.25) is 0 Å². The average molecular weight is 443 g/mol. The van der Waals surface area contributed by atoms with Gasteiger partial charge in [-0.1, -0.05) is 45.4 Å². The third kappa shape index (κ3) is 5.99.